The smallest absolute Gasteiger partial charge is 0.262 e. The Morgan fingerprint density at radius 3 is 2.41 bits per heavy atom. The molecule has 0 spiro atoms. The molecule has 0 aliphatic rings. The first-order valence-electron chi connectivity index (χ1n) is 5.69. The van der Waals surface area contributed by atoms with E-state index in [9.17, 15) is 4.79 Å². The molecule has 1 aromatic rings. The van der Waals surface area contributed by atoms with Gasteiger partial charge in [-0.15, -0.1) is 0 Å². The molecule has 1 unspecified atom stereocenters. The van der Waals surface area contributed by atoms with Crippen molar-refractivity contribution in [2.75, 3.05) is 0 Å². The molecular weight excluding hydrogens is 236 g/mol. The van der Waals surface area contributed by atoms with Crippen molar-refractivity contribution in [1.29, 1.82) is 0 Å². The first-order valence-corrected chi connectivity index (χ1v) is 6.06. The van der Waals surface area contributed by atoms with Gasteiger partial charge in [0.05, 0.1) is 0 Å². The van der Waals surface area contributed by atoms with E-state index in [1.165, 1.54) is 5.56 Å². The molecule has 0 aliphatic heterocycles. The zero-order valence-corrected chi connectivity index (χ0v) is 11.8. The Bertz CT molecular complexity index is 419. The Labute approximate surface area is 108 Å². The maximum Gasteiger partial charge on any atom is 0.262 e. The second kappa shape index (κ2) is 5.09. The molecule has 2 nitrogen and oxygen atoms in total. The minimum Gasteiger partial charge on any atom is -0.481 e. The van der Waals surface area contributed by atoms with Gasteiger partial charge >= 0.3 is 0 Å². The highest BCUT2D eigenvalue weighted by atomic mass is 35.5. The van der Waals surface area contributed by atoms with E-state index in [2.05, 4.69) is 26.8 Å². The Morgan fingerprint density at radius 2 is 1.94 bits per heavy atom. The van der Waals surface area contributed by atoms with Gasteiger partial charge in [-0.05, 0) is 42.5 Å². The van der Waals surface area contributed by atoms with Gasteiger partial charge in [-0.1, -0.05) is 38.5 Å². The van der Waals surface area contributed by atoms with Crippen molar-refractivity contribution >= 4 is 16.8 Å². The van der Waals surface area contributed by atoms with Gasteiger partial charge in [0.2, 0.25) is 0 Å². The van der Waals surface area contributed by atoms with Crippen LogP contribution >= 0.6 is 11.6 Å². The maximum atomic E-state index is 11.0. The monoisotopic (exact) mass is 254 g/mol. The first kappa shape index (κ1) is 14.0. The third-order valence-corrected chi connectivity index (χ3v) is 2.87. The number of carbonyl (C=O) groups excluding carboxylic acids is 1. The van der Waals surface area contributed by atoms with Crippen molar-refractivity contribution in [3.05, 3.63) is 29.3 Å². The lowest BCUT2D eigenvalue weighted by molar-refractivity contribution is -0.117. The molecule has 0 bridgehead atoms. The molecule has 17 heavy (non-hydrogen) atoms. The molecule has 0 N–H and O–H groups in total. The molecule has 0 aliphatic carbocycles. The van der Waals surface area contributed by atoms with E-state index in [4.69, 9.17) is 16.3 Å². The van der Waals surface area contributed by atoms with Crippen LogP contribution in [0.4, 0.5) is 0 Å². The first-order chi connectivity index (χ1) is 7.71. The van der Waals surface area contributed by atoms with E-state index in [1.807, 2.05) is 19.1 Å². The third-order valence-electron chi connectivity index (χ3n) is 2.57. The fraction of sp³-hybridized carbons (Fsp3) is 0.500. The largest absolute Gasteiger partial charge is 0.481 e. The topological polar surface area (TPSA) is 26.3 Å². The summed E-state index contributed by atoms with van der Waals surface area (Å²) in [4.78, 5) is 11.0. The van der Waals surface area contributed by atoms with Gasteiger partial charge in [0, 0.05) is 0 Å². The van der Waals surface area contributed by atoms with E-state index in [0.29, 0.717) is 0 Å². The van der Waals surface area contributed by atoms with Crippen LogP contribution in [0.25, 0.3) is 0 Å². The Balaban J connectivity index is 3.11. The van der Waals surface area contributed by atoms with Gasteiger partial charge in [0.1, 0.15) is 5.75 Å². The van der Waals surface area contributed by atoms with Crippen LogP contribution in [0.2, 0.25) is 0 Å². The van der Waals surface area contributed by atoms with Crippen molar-refractivity contribution in [2.24, 2.45) is 0 Å². The SMILES string of the molecule is Cc1ccc(OC(C)C(=O)Cl)c(C(C)(C)C)c1. The quantitative estimate of drug-likeness (QED) is 0.767. The normalized spacial score (nSPS) is 13.3. The average molecular weight is 255 g/mol. The number of rotatable bonds is 3. The maximum absolute atomic E-state index is 11.0. The zero-order valence-electron chi connectivity index (χ0n) is 11.0. The molecule has 0 heterocycles. The van der Waals surface area contributed by atoms with Crippen LogP contribution in [0, 0.1) is 6.92 Å². The number of halogens is 1. The summed E-state index contributed by atoms with van der Waals surface area (Å²) >= 11 is 5.41. The lowest BCUT2D eigenvalue weighted by Gasteiger charge is -2.24. The summed E-state index contributed by atoms with van der Waals surface area (Å²) in [5, 5.41) is -0.481. The molecule has 94 valence electrons. The standard InChI is InChI=1S/C14H19ClO2/c1-9-6-7-12(17-10(2)13(15)16)11(8-9)14(3,4)5/h6-8,10H,1-5H3. The van der Waals surface area contributed by atoms with Gasteiger partial charge in [-0.2, -0.15) is 0 Å². The highest BCUT2D eigenvalue weighted by molar-refractivity contribution is 6.64. The average Bonchev–Trinajstić information content (AvgIpc) is 2.18. The van der Waals surface area contributed by atoms with Gasteiger partial charge in [-0.3, -0.25) is 4.79 Å². The molecule has 0 aromatic heterocycles. The Morgan fingerprint density at radius 1 is 1.35 bits per heavy atom. The number of ether oxygens (including phenoxy) is 1. The molecule has 0 saturated heterocycles. The van der Waals surface area contributed by atoms with Gasteiger partial charge in [0.25, 0.3) is 5.24 Å². The van der Waals surface area contributed by atoms with E-state index in [1.54, 1.807) is 6.92 Å². The van der Waals surface area contributed by atoms with Crippen molar-refractivity contribution in [2.45, 2.75) is 46.1 Å². The van der Waals surface area contributed by atoms with E-state index in [-0.39, 0.29) is 5.41 Å². The molecule has 0 saturated carbocycles. The Kier molecular flexibility index (Phi) is 4.21. The predicted molar refractivity (Wildman–Crippen MR) is 70.8 cm³/mol. The molecule has 1 aromatic carbocycles. The summed E-state index contributed by atoms with van der Waals surface area (Å²) in [7, 11) is 0. The van der Waals surface area contributed by atoms with E-state index >= 15 is 0 Å². The molecule has 3 heteroatoms. The van der Waals surface area contributed by atoms with Crippen LogP contribution in [-0.4, -0.2) is 11.3 Å². The van der Waals surface area contributed by atoms with Crippen LogP contribution in [0.3, 0.4) is 0 Å². The highest BCUT2D eigenvalue weighted by Gasteiger charge is 2.21. The van der Waals surface area contributed by atoms with E-state index < -0.39 is 11.3 Å². The summed E-state index contributed by atoms with van der Waals surface area (Å²) < 4.78 is 5.61. The van der Waals surface area contributed by atoms with Crippen molar-refractivity contribution in [3.8, 4) is 5.75 Å². The zero-order chi connectivity index (χ0) is 13.2. The van der Waals surface area contributed by atoms with Crippen molar-refractivity contribution < 1.29 is 9.53 Å². The number of hydrogen-bond acceptors (Lipinski definition) is 2. The molecule has 1 atom stereocenters. The summed E-state index contributed by atoms with van der Waals surface area (Å²) in [5.74, 6) is 0.726. The van der Waals surface area contributed by atoms with Gasteiger partial charge in [0.15, 0.2) is 6.10 Å². The summed E-state index contributed by atoms with van der Waals surface area (Å²) in [6, 6.07) is 5.95. The summed E-state index contributed by atoms with van der Waals surface area (Å²) in [6.45, 7) is 10.0. The fourth-order valence-electron chi connectivity index (χ4n) is 1.57. The second-order valence-electron chi connectivity index (χ2n) is 5.31. The fourth-order valence-corrected chi connectivity index (χ4v) is 1.61. The highest BCUT2D eigenvalue weighted by Crippen LogP contribution is 2.32. The van der Waals surface area contributed by atoms with Crippen LogP contribution in [0.5, 0.6) is 5.75 Å². The molecule has 0 amide bonds. The molecule has 0 radical (unpaired) electrons. The third kappa shape index (κ3) is 3.74. The van der Waals surface area contributed by atoms with Crippen LogP contribution in [-0.2, 0) is 10.2 Å². The lowest BCUT2D eigenvalue weighted by Crippen LogP contribution is -2.22. The number of hydrogen-bond donors (Lipinski definition) is 0. The number of carbonyl (C=O) groups is 1. The lowest BCUT2D eigenvalue weighted by atomic mass is 9.85. The van der Waals surface area contributed by atoms with Gasteiger partial charge in [-0.25, -0.2) is 0 Å². The summed E-state index contributed by atoms with van der Waals surface area (Å²) in [5.41, 5.74) is 2.23. The van der Waals surface area contributed by atoms with Crippen molar-refractivity contribution in [3.63, 3.8) is 0 Å². The minimum atomic E-state index is -0.625. The second-order valence-corrected chi connectivity index (χ2v) is 5.69. The molecule has 0 fully saturated rings. The van der Waals surface area contributed by atoms with Crippen LogP contribution < -0.4 is 4.74 Å². The Hall–Kier alpha value is -1.02. The number of aryl methyl sites for hydroxylation is 1. The molecule has 1 rings (SSSR count). The summed E-state index contributed by atoms with van der Waals surface area (Å²) in [6.07, 6.45) is -0.625. The number of benzene rings is 1. The van der Waals surface area contributed by atoms with Crippen LogP contribution in [0.15, 0.2) is 18.2 Å². The minimum absolute atomic E-state index is 0.0313. The van der Waals surface area contributed by atoms with Gasteiger partial charge < -0.3 is 4.74 Å². The van der Waals surface area contributed by atoms with E-state index in [0.717, 1.165) is 11.3 Å². The van der Waals surface area contributed by atoms with Crippen LogP contribution in [0.1, 0.15) is 38.8 Å². The molecular formula is C14H19ClO2. The predicted octanol–water partition coefficient (Wildman–Crippen LogP) is 3.83. The van der Waals surface area contributed by atoms with Crippen molar-refractivity contribution in [1.82, 2.24) is 0 Å².